The number of hydrogen-bond donors (Lipinski definition) is 3. The number of urea groups is 1. The largest absolute Gasteiger partial charge is 0.327 e. The van der Waals surface area contributed by atoms with Gasteiger partial charge in [0.25, 0.3) is 5.91 Å². The molecular formula is C19H17BrClN3O2. The van der Waals surface area contributed by atoms with E-state index in [4.69, 9.17) is 11.6 Å². The van der Waals surface area contributed by atoms with Crippen molar-refractivity contribution in [2.24, 2.45) is 0 Å². The Morgan fingerprint density at radius 2 is 1.85 bits per heavy atom. The van der Waals surface area contributed by atoms with Crippen molar-refractivity contribution in [3.05, 3.63) is 74.4 Å². The van der Waals surface area contributed by atoms with E-state index in [0.29, 0.717) is 22.0 Å². The van der Waals surface area contributed by atoms with Gasteiger partial charge in [-0.2, -0.15) is 0 Å². The van der Waals surface area contributed by atoms with Crippen molar-refractivity contribution in [3.8, 4) is 0 Å². The molecule has 1 heterocycles. The maximum absolute atomic E-state index is 12.9. The van der Waals surface area contributed by atoms with E-state index in [9.17, 15) is 9.59 Å². The lowest BCUT2D eigenvalue weighted by Gasteiger charge is -2.28. The van der Waals surface area contributed by atoms with Crippen LogP contribution < -0.4 is 16.0 Å². The van der Waals surface area contributed by atoms with Crippen molar-refractivity contribution >= 4 is 45.2 Å². The fraction of sp³-hybridized carbons (Fsp3) is 0.158. The summed E-state index contributed by atoms with van der Waals surface area (Å²) < 4.78 is 0.919. The molecule has 0 aliphatic carbocycles. The van der Waals surface area contributed by atoms with Crippen molar-refractivity contribution in [2.45, 2.75) is 19.9 Å². The third-order valence-electron chi connectivity index (χ3n) is 4.15. The molecule has 3 N–H and O–H groups in total. The zero-order chi connectivity index (χ0) is 18.8. The van der Waals surface area contributed by atoms with Crippen LogP contribution in [0, 0.1) is 6.92 Å². The van der Waals surface area contributed by atoms with Gasteiger partial charge in [-0.1, -0.05) is 45.7 Å². The Morgan fingerprint density at radius 3 is 2.50 bits per heavy atom. The molecule has 0 fully saturated rings. The molecule has 26 heavy (non-hydrogen) atoms. The van der Waals surface area contributed by atoms with Crippen LogP contribution in [0.25, 0.3) is 0 Å². The summed E-state index contributed by atoms with van der Waals surface area (Å²) in [5, 5.41) is 8.90. The van der Waals surface area contributed by atoms with Gasteiger partial charge in [-0.15, -0.1) is 0 Å². The first kappa shape index (κ1) is 18.5. The van der Waals surface area contributed by atoms with Gasteiger partial charge in [-0.25, -0.2) is 4.79 Å². The zero-order valence-electron chi connectivity index (χ0n) is 14.2. The number of carbonyl (C=O) groups excluding carboxylic acids is 2. The molecule has 2 aromatic rings. The molecule has 3 amide bonds. The van der Waals surface area contributed by atoms with Crippen LogP contribution in [0.5, 0.6) is 0 Å². The minimum absolute atomic E-state index is 0.303. The van der Waals surface area contributed by atoms with Crippen molar-refractivity contribution < 1.29 is 9.59 Å². The summed E-state index contributed by atoms with van der Waals surface area (Å²) in [5.74, 6) is -0.303. The molecule has 0 saturated carbocycles. The number of hydrogen-bond acceptors (Lipinski definition) is 2. The van der Waals surface area contributed by atoms with Gasteiger partial charge in [0.05, 0.1) is 11.6 Å². The molecule has 0 bridgehead atoms. The maximum Gasteiger partial charge on any atom is 0.319 e. The van der Waals surface area contributed by atoms with Gasteiger partial charge < -0.3 is 16.0 Å². The molecule has 7 heteroatoms. The average molecular weight is 435 g/mol. The van der Waals surface area contributed by atoms with Gasteiger partial charge in [0.15, 0.2) is 0 Å². The highest BCUT2D eigenvalue weighted by molar-refractivity contribution is 9.10. The van der Waals surface area contributed by atoms with E-state index in [0.717, 1.165) is 15.6 Å². The minimum atomic E-state index is -0.544. The molecule has 3 rings (SSSR count). The number of carbonyl (C=O) groups is 2. The SMILES string of the molecule is CC1=C(C(=O)Nc2ccc(C)c(Cl)c2)C(c2ccc(Br)cc2)NC(=O)N1. The molecule has 1 atom stereocenters. The molecule has 0 radical (unpaired) electrons. The first-order valence-corrected chi connectivity index (χ1v) is 9.13. The van der Waals surface area contributed by atoms with Crippen LogP contribution >= 0.6 is 27.5 Å². The summed E-state index contributed by atoms with van der Waals surface area (Å²) in [7, 11) is 0. The van der Waals surface area contributed by atoms with E-state index >= 15 is 0 Å². The Balaban J connectivity index is 1.93. The summed E-state index contributed by atoms with van der Waals surface area (Å²) in [5.41, 5.74) is 3.30. The predicted octanol–water partition coefficient (Wildman–Crippen LogP) is 4.68. The molecule has 1 aliphatic heterocycles. The van der Waals surface area contributed by atoms with Crippen LogP contribution in [-0.4, -0.2) is 11.9 Å². The van der Waals surface area contributed by atoms with Crippen LogP contribution in [0.4, 0.5) is 10.5 Å². The van der Waals surface area contributed by atoms with E-state index < -0.39 is 6.04 Å². The molecular weight excluding hydrogens is 418 g/mol. The quantitative estimate of drug-likeness (QED) is 0.656. The smallest absolute Gasteiger partial charge is 0.319 e. The Labute approximate surface area is 164 Å². The van der Waals surface area contributed by atoms with Crippen LogP contribution in [0.1, 0.15) is 24.1 Å². The number of rotatable bonds is 3. The summed E-state index contributed by atoms with van der Waals surface area (Å²) in [6.07, 6.45) is 0. The van der Waals surface area contributed by atoms with Crippen LogP contribution in [0.3, 0.4) is 0 Å². The molecule has 134 valence electrons. The first-order valence-electron chi connectivity index (χ1n) is 7.96. The number of halogens is 2. The lowest BCUT2D eigenvalue weighted by atomic mass is 9.95. The van der Waals surface area contributed by atoms with Crippen molar-refractivity contribution in [2.75, 3.05) is 5.32 Å². The minimum Gasteiger partial charge on any atom is -0.327 e. The second-order valence-corrected chi connectivity index (χ2v) is 7.36. The third kappa shape index (κ3) is 3.92. The number of allylic oxidation sites excluding steroid dienone is 1. The van der Waals surface area contributed by atoms with Gasteiger partial charge in [0, 0.05) is 20.9 Å². The van der Waals surface area contributed by atoms with E-state index in [1.54, 1.807) is 19.1 Å². The van der Waals surface area contributed by atoms with E-state index in [-0.39, 0.29) is 11.9 Å². The summed E-state index contributed by atoms with van der Waals surface area (Å²) in [6.45, 7) is 3.60. The van der Waals surface area contributed by atoms with Crippen LogP contribution in [-0.2, 0) is 4.79 Å². The lowest BCUT2D eigenvalue weighted by molar-refractivity contribution is -0.113. The highest BCUT2D eigenvalue weighted by atomic mass is 79.9. The monoisotopic (exact) mass is 433 g/mol. The lowest BCUT2D eigenvalue weighted by Crippen LogP contribution is -2.45. The first-order chi connectivity index (χ1) is 12.3. The van der Waals surface area contributed by atoms with Gasteiger partial charge in [0.2, 0.25) is 0 Å². The van der Waals surface area contributed by atoms with E-state index in [1.165, 1.54) is 0 Å². The fourth-order valence-corrected chi connectivity index (χ4v) is 3.21. The maximum atomic E-state index is 12.9. The third-order valence-corrected chi connectivity index (χ3v) is 5.08. The Bertz CT molecular complexity index is 910. The van der Waals surface area contributed by atoms with Gasteiger partial charge in [-0.05, 0) is 49.2 Å². The standard InChI is InChI=1S/C19H17BrClN3O2/c1-10-3-8-14(9-15(10)21)23-18(25)16-11(2)22-19(26)24-17(16)12-4-6-13(20)7-5-12/h3-9,17H,1-2H3,(H,23,25)(H2,22,24,26). The number of nitrogens with one attached hydrogen (secondary N) is 3. The number of amides is 3. The zero-order valence-corrected chi connectivity index (χ0v) is 16.5. The van der Waals surface area contributed by atoms with E-state index in [2.05, 4.69) is 31.9 Å². The molecule has 0 spiro atoms. The Hall–Kier alpha value is -2.31. The fourth-order valence-electron chi connectivity index (χ4n) is 2.77. The highest BCUT2D eigenvalue weighted by Gasteiger charge is 2.31. The summed E-state index contributed by atoms with van der Waals surface area (Å²) >= 11 is 9.52. The van der Waals surface area contributed by atoms with E-state index in [1.807, 2.05) is 37.3 Å². The number of aryl methyl sites for hydroxylation is 1. The van der Waals surface area contributed by atoms with Gasteiger partial charge in [0.1, 0.15) is 0 Å². The van der Waals surface area contributed by atoms with Crippen molar-refractivity contribution in [1.29, 1.82) is 0 Å². The van der Waals surface area contributed by atoms with Crippen LogP contribution in [0.15, 0.2) is 58.2 Å². The number of anilines is 1. The molecule has 5 nitrogen and oxygen atoms in total. The molecule has 0 saturated heterocycles. The van der Waals surface area contributed by atoms with Crippen molar-refractivity contribution in [1.82, 2.24) is 10.6 Å². The second kappa shape index (κ2) is 7.51. The number of benzene rings is 2. The predicted molar refractivity (Wildman–Crippen MR) is 106 cm³/mol. The van der Waals surface area contributed by atoms with Gasteiger partial charge in [-0.3, -0.25) is 4.79 Å². The van der Waals surface area contributed by atoms with Gasteiger partial charge >= 0.3 is 6.03 Å². The molecule has 2 aromatic carbocycles. The Kier molecular flexibility index (Phi) is 5.34. The molecule has 1 aliphatic rings. The molecule has 0 aromatic heterocycles. The normalized spacial score (nSPS) is 16.8. The summed E-state index contributed by atoms with van der Waals surface area (Å²) in [6, 6.07) is 11.9. The summed E-state index contributed by atoms with van der Waals surface area (Å²) in [4.78, 5) is 24.8. The topological polar surface area (TPSA) is 70.2 Å². The molecule has 1 unspecified atom stereocenters. The second-order valence-electron chi connectivity index (χ2n) is 6.04. The van der Waals surface area contributed by atoms with Crippen LogP contribution in [0.2, 0.25) is 5.02 Å². The Morgan fingerprint density at radius 1 is 1.15 bits per heavy atom. The van der Waals surface area contributed by atoms with Crippen molar-refractivity contribution in [3.63, 3.8) is 0 Å². The average Bonchev–Trinajstić information content (AvgIpc) is 2.58. The highest BCUT2D eigenvalue weighted by Crippen LogP contribution is 2.29.